The van der Waals surface area contributed by atoms with Gasteiger partial charge >= 0.3 is 0 Å². The Balaban J connectivity index is 0.00000208. The maximum Gasteiger partial charge on any atom is 0.235 e. The number of hydrogen-bond donors (Lipinski definition) is 5. The summed E-state index contributed by atoms with van der Waals surface area (Å²) in [6.07, 6.45) is 0. The van der Waals surface area contributed by atoms with Gasteiger partial charge in [-0.25, -0.2) is 0 Å². The van der Waals surface area contributed by atoms with Crippen molar-refractivity contribution in [3.8, 4) is 0 Å². The molecule has 0 aromatic heterocycles. The number of nitrogens with two attached hydrogens (primary N) is 5. The maximum atomic E-state index is 12.5. The predicted octanol–water partition coefficient (Wildman–Crippen LogP) is -1.75. The number of rotatable bonds is 1. The van der Waals surface area contributed by atoms with Crippen molar-refractivity contribution in [1.29, 1.82) is 0 Å². The average Bonchev–Trinajstić information content (AvgIpc) is 2.43. The Morgan fingerprint density at radius 3 is 2.42 bits per heavy atom. The smallest absolute Gasteiger partial charge is 0.235 e. The van der Waals surface area contributed by atoms with Gasteiger partial charge in [0.1, 0.15) is 11.5 Å². The number of benzene rings is 1. The summed E-state index contributed by atoms with van der Waals surface area (Å²) in [6, 6.07) is 7.67. The van der Waals surface area contributed by atoms with Gasteiger partial charge in [-0.1, -0.05) is 5.56 Å². The molecule has 0 fully saturated rings. The van der Waals surface area contributed by atoms with Crippen LogP contribution >= 0.6 is 0 Å². The van der Waals surface area contributed by atoms with Crippen molar-refractivity contribution in [2.75, 3.05) is 0 Å². The molecule has 2 aliphatic rings. The van der Waals surface area contributed by atoms with Crippen LogP contribution in [0.15, 0.2) is 35.2 Å². The molecule has 10 N–H and O–H groups in total. The average molecular weight is 380 g/mol. The van der Waals surface area contributed by atoms with Crippen molar-refractivity contribution in [2.45, 2.75) is 18.4 Å². The monoisotopic (exact) mass is 378 g/mol. The Bertz CT molecular complexity index is 821. The van der Waals surface area contributed by atoms with Crippen LogP contribution in [-0.2, 0) is 39.5 Å². The van der Waals surface area contributed by atoms with E-state index in [2.05, 4.69) is 6.07 Å². The third kappa shape index (κ3) is 2.51. The molecule has 1 aromatic carbocycles. The molecule has 0 bridgehead atoms. The van der Waals surface area contributed by atoms with Gasteiger partial charge in [0.05, 0.1) is 11.3 Å². The first kappa shape index (κ1) is 18.4. The summed E-state index contributed by atoms with van der Waals surface area (Å²) < 4.78 is 5.68. The molecule has 0 spiro atoms. The Hall–Kier alpha value is -1.90. The zero-order valence-electron chi connectivity index (χ0n) is 13.1. The molecule has 122 valence electrons. The van der Waals surface area contributed by atoms with Crippen molar-refractivity contribution < 1.29 is 33.8 Å². The van der Waals surface area contributed by atoms with Crippen LogP contribution in [0.3, 0.4) is 0 Å². The van der Waals surface area contributed by atoms with Crippen molar-refractivity contribution in [1.82, 2.24) is 0 Å². The number of hydrogen-bond acceptors (Lipinski definition) is 8. The minimum absolute atomic E-state index is 0. The van der Waals surface area contributed by atoms with Crippen LogP contribution in [-0.4, -0.2) is 17.4 Å². The quantitative estimate of drug-likeness (QED) is 0.125. The van der Waals surface area contributed by atoms with E-state index in [1.165, 1.54) is 0 Å². The molecule has 1 aliphatic heterocycles. The third-order valence-electron chi connectivity index (χ3n) is 3.82. The van der Waals surface area contributed by atoms with E-state index < -0.39 is 28.7 Å². The van der Waals surface area contributed by atoms with Crippen LogP contribution in [0.4, 0.5) is 0 Å². The zero-order valence-corrected chi connectivity index (χ0v) is 16.0. The van der Waals surface area contributed by atoms with E-state index in [1.807, 2.05) is 0 Å². The Morgan fingerprint density at radius 1 is 1.21 bits per heavy atom. The fourth-order valence-corrected chi connectivity index (χ4v) is 2.82. The second-order valence-electron chi connectivity index (χ2n) is 5.76. The van der Waals surface area contributed by atoms with Gasteiger partial charge in [-0.15, -0.1) is 5.56 Å². The standard InChI is InChI=1S/C15H16N5O3.Zn/c1-14(17)7-5-3-2-4-6(7)8-11(21)12(22)9(15(18,19)20)10(16)13(8)23-14;/h3-5H,16-20H2,1H3;/q-1;. The summed E-state index contributed by atoms with van der Waals surface area (Å²) in [5, 5.41) is 0. The molecular weight excluding hydrogens is 364 g/mol. The minimum Gasteiger partial charge on any atom is -0.469 e. The summed E-state index contributed by atoms with van der Waals surface area (Å²) in [4.78, 5) is 24.9. The van der Waals surface area contributed by atoms with Crippen LogP contribution in [0, 0.1) is 6.07 Å². The molecule has 0 radical (unpaired) electrons. The van der Waals surface area contributed by atoms with Crippen LogP contribution in [0.1, 0.15) is 18.1 Å². The van der Waals surface area contributed by atoms with E-state index >= 15 is 0 Å². The SMILES string of the molecule is CC1(N)OC2=C(C(=O)C(=O)C(C(N)(N)N)=C2N)c2c[c-]ccc21.[Zn]. The topological polar surface area (TPSA) is 173 Å². The van der Waals surface area contributed by atoms with Gasteiger partial charge in [0, 0.05) is 25.1 Å². The molecule has 0 saturated heterocycles. The fraction of sp³-hybridized carbons (Fsp3) is 0.200. The van der Waals surface area contributed by atoms with Gasteiger partial charge in [-0.3, -0.25) is 32.5 Å². The van der Waals surface area contributed by atoms with E-state index in [9.17, 15) is 9.59 Å². The van der Waals surface area contributed by atoms with Gasteiger partial charge in [-0.2, -0.15) is 24.3 Å². The number of ether oxygens (including phenoxy) is 1. The molecule has 0 amide bonds. The normalized spacial score (nSPS) is 23.4. The molecule has 0 saturated carbocycles. The van der Waals surface area contributed by atoms with Gasteiger partial charge in [0.15, 0.2) is 5.72 Å². The van der Waals surface area contributed by atoms with E-state index in [-0.39, 0.29) is 36.5 Å². The van der Waals surface area contributed by atoms with Gasteiger partial charge in [0.2, 0.25) is 11.6 Å². The van der Waals surface area contributed by atoms with E-state index in [1.54, 1.807) is 25.1 Å². The number of Topliss-reactive ketones (excluding diaryl/α,β-unsaturated/α-hetero) is 2. The molecular formula is C15H16N5O3Zn-. The van der Waals surface area contributed by atoms with Crippen LogP contribution in [0.2, 0.25) is 0 Å². The van der Waals surface area contributed by atoms with E-state index in [0.29, 0.717) is 11.1 Å². The summed E-state index contributed by atoms with van der Waals surface area (Å²) in [6.45, 7) is 1.60. The number of carbonyl (C=O) groups excluding carboxylic acids is 2. The molecule has 1 aromatic rings. The largest absolute Gasteiger partial charge is 0.469 e. The van der Waals surface area contributed by atoms with Crippen molar-refractivity contribution in [3.63, 3.8) is 0 Å². The van der Waals surface area contributed by atoms with Crippen molar-refractivity contribution >= 4 is 17.1 Å². The van der Waals surface area contributed by atoms with Crippen molar-refractivity contribution in [2.24, 2.45) is 28.7 Å². The van der Waals surface area contributed by atoms with Gasteiger partial charge < -0.3 is 10.5 Å². The molecule has 1 unspecified atom stereocenters. The molecule has 1 atom stereocenters. The van der Waals surface area contributed by atoms with E-state index in [0.717, 1.165) is 0 Å². The van der Waals surface area contributed by atoms with Gasteiger partial charge in [0.25, 0.3) is 0 Å². The molecule has 8 nitrogen and oxygen atoms in total. The molecule has 3 rings (SSSR count). The van der Waals surface area contributed by atoms with Crippen molar-refractivity contribution in [3.05, 3.63) is 52.4 Å². The number of ketones is 2. The maximum absolute atomic E-state index is 12.5. The second-order valence-corrected chi connectivity index (χ2v) is 5.76. The van der Waals surface area contributed by atoms with Crippen LogP contribution in [0.5, 0.6) is 0 Å². The van der Waals surface area contributed by atoms with Crippen LogP contribution in [0.25, 0.3) is 5.57 Å². The first-order valence-electron chi connectivity index (χ1n) is 6.75. The zero-order chi connectivity index (χ0) is 17.2. The number of allylic oxidation sites excluding steroid dienone is 1. The molecule has 1 heterocycles. The number of fused-ring (bicyclic) bond motifs is 2. The summed E-state index contributed by atoms with van der Waals surface area (Å²) in [5.74, 6) is -3.95. The van der Waals surface area contributed by atoms with E-state index in [4.69, 9.17) is 33.4 Å². The Morgan fingerprint density at radius 2 is 1.83 bits per heavy atom. The summed E-state index contributed by atoms with van der Waals surface area (Å²) >= 11 is 0. The minimum atomic E-state index is -2.08. The molecule has 24 heavy (non-hydrogen) atoms. The van der Waals surface area contributed by atoms with Crippen LogP contribution < -0.4 is 28.7 Å². The predicted molar refractivity (Wildman–Crippen MR) is 81.3 cm³/mol. The molecule has 9 heteroatoms. The number of carbonyl (C=O) groups is 2. The Labute approximate surface area is 150 Å². The summed E-state index contributed by atoms with van der Waals surface area (Å²) in [7, 11) is 0. The first-order valence-corrected chi connectivity index (χ1v) is 6.75. The third-order valence-corrected chi connectivity index (χ3v) is 3.82. The van der Waals surface area contributed by atoms with Gasteiger partial charge in [-0.05, 0) is 6.92 Å². The Kier molecular flexibility index (Phi) is 4.29. The summed E-state index contributed by atoms with van der Waals surface area (Å²) in [5.41, 5.74) is 27.9. The fourth-order valence-electron chi connectivity index (χ4n) is 2.82. The first-order chi connectivity index (χ1) is 10.6. The molecule has 1 aliphatic carbocycles. The second kappa shape index (κ2) is 5.58.